The molecule has 1 unspecified atom stereocenters. The summed E-state index contributed by atoms with van der Waals surface area (Å²) in [6, 6.07) is 14.8. The molecule has 2 heterocycles. The molecule has 1 N–H and O–H groups in total. The molecular weight excluding hydrogens is 326 g/mol. The fraction of sp³-hybridized carbons (Fsp3) is 0.333. The highest BCUT2D eigenvalue weighted by Crippen LogP contribution is 2.22. The number of rotatable bonds is 5. The second kappa shape index (κ2) is 7.70. The molecule has 1 aromatic heterocycles. The Labute approximate surface area is 153 Å². The minimum Gasteiger partial charge on any atom is -0.374 e. The topological polar surface area (TPSA) is 58.2 Å². The highest BCUT2D eigenvalue weighted by atomic mass is 16.5. The normalized spacial score (nSPS) is 17.5. The third kappa shape index (κ3) is 3.78. The quantitative estimate of drug-likeness (QED) is 0.770. The van der Waals surface area contributed by atoms with E-state index in [-0.39, 0.29) is 12.0 Å². The van der Waals surface area contributed by atoms with Crippen molar-refractivity contribution < 1.29 is 9.53 Å². The van der Waals surface area contributed by atoms with Crippen LogP contribution in [0.1, 0.15) is 17.5 Å². The van der Waals surface area contributed by atoms with E-state index >= 15 is 0 Å². The number of aromatic amines is 1. The van der Waals surface area contributed by atoms with Crippen LogP contribution in [0.3, 0.4) is 0 Å². The van der Waals surface area contributed by atoms with Gasteiger partial charge in [-0.3, -0.25) is 9.89 Å². The first-order chi connectivity index (χ1) is 12.8. The number of fused-ring (bicyclic) bond motifs is 1. The van der Waals surface area contributed by atoms with E-state index in [0.717, 1.165) is 18.4 Å². The van der Waals surface area contributed by atoms with Crippen molar-refractivity contribution in [2.75, 3.05) is 19.7 Å². The van der Waals surface area contributed by atoms with Crippen molar-refractivity contribution in [3.8, 4) is 0 Å². The molecule has 134 valence electrons. The van der Waals surface area contributed by atoms with Crippen LogP contribution in [0, 0.1) is 0 Å². The maximum absolute atomic E-state index is 12.5. The molecule has 1 atom stereocenters. The fourth-order valence-corrected chi connectivity index (χ4v) is 3.61. The zero-order valence-electron chi connectivity index (χ0n) is 14.7. The van der Waals surface area contributed by atoms with Crippen LogP contribution in [0.25, 0.3) is 10.8 Å². The van der Waals surface area contributed by atoms with Crippen molar-refractivity contribution in [1.29, 1.82) is 0 Å². The first-order valence-electron chi connectivity index (χ1n) is 9.13. The van der Waals surface area contributed by atoms with Gasteiger partial charge in [-0.25, -0.2) is 0 Å². The molecule has 0 spiro atoms. The minimum absolute atomic E-state index is 0.0485. The lowest BCUT2D eigenvalue weighted by atomic mass is 9.99. The zero-order valence-corrected chi connectivity index (χ0v) is 14.7. The number of carbonyl (C=O) groups excluding carboxylic acids is 1. The van der Waals surface area contributed by atoms with Gasteiger partial charge >= 0.3 is 0 Å². The molecule has 2 aromatic carbocycles. The summed E-state index contributed by atoms with van der Waals surface area (Å²) in [6.45, 7) is 1.94. The van der Waals surface area contributed by atoms with Gasteiger partial charge in [0, 0.05) is 32.1 Å². The van der Waals surface area contributed by atoms with Crippen molar-refractivity contribution in [3.63, 3.8) is 0 Å². The van der Waals surface area contributed by atoms with Crippen molar-refractivity contribution in [1.82, 2.24) is 15.1 Å². The maximum atomic E-state index is 12.5. The first-order valence-corrected chi connectivity index (χ1v) is 9.13. The van der Waals surface area contributed by atoms with Gasteiger partial charge in [-0.1, -0.05) is 42.5 Å². The molecule has 4 rings (SSSR count). The number of nitrogens with one attached hydrogen (secondary N) is 1. The van der Waals surface area contributed by atoms with Gasteiger partial charge in [0.2, 0.25) is 5.91 Å². The highest BCUT2D eigenvalue weighted by Gasteiger charge is 2.24. The Kier molecular flexibility index (Phi) is 4.97. The lowest BCUT2D eigenvalue weighted by Gasteiger charge is -2.33. The van der Waals surface area contributed by atoms with Gasteiger partial charge in [-0.05, 0) is 28.3 Å². The van der Waals surface area contributed by atoms with Gasteiger partial charge in [-0.15, -0.1) is 0 Å². The van der Waals surface area contributed by atoms with E-state index in [9.17, 15) is 4.79 Å². The van der Waals surface area contributed by atoms with Crippen LogP contribution in [-0.4, -0.2) is 46.8 Å². The number of nitrogens with zero attached hydrogens (tertiary/aromatic N) is 2. The van der Waals surface area contributed by atoms with Crippen molar-refractivity contribution in [2.24, 2.45) is 0 Å². The maximum Gasteiger partial charge on any atom is 0.223 e. The van der Waals surface area contributed by atoms with Crippen molar-refractivity contribution >= 4 is 16.7 Å². The Morgan fingerprint density at radius 1 is 1.23 bits per heavy atom. The van der Waals surface area contributed by atoms with Crippen molar-refractivity contribution in [3.05, 3.63) is 66.0 Å². The van der Waals surface area contributed by atoms with E-state index < -0.39 is 0 Å². The molecule has 0 aliphatic carbocycles. The van der Waals surface area contributed by atoms with E-state index in [1.54, 1.807) is 6.20 Å². The molecule has 5 heteroatoms. The summed E-state index contributed by atoms with van der Waals surface area (Å²) in [5.41, 5.74) is 2.35. The molecule has 1 fully saturated rings. The van der Waals surface area contributed by atoms with Gasteiger partial charge in [0.15, 0.2) is 0 Å². The summed E-state index contributed by atoms with van der Waals surface area (Å²) in [4.78, 5) is 14.5. The number of H-pyrrole nitrogens is 1. The summed E-state index contributed by atoms with van der Waals surface area (Å²) in [5.74, 6) is 0.192. The van der Waals surface area contributed by atoms with Crippen LogP contribution >= 0.6 is 0 Å². The Hall–Kier alpha value is -2.66. The van der Waals surface area contributed by atoms with Crippen LogP contribution in [-0.2, 0) is 22.4 Å². The van der Waals surface area contributed by atoms with Crippen LogP contribution < -0.4 is 0 Å². The predicted molar refractivity (Wildman–Crippen MR) is 101 cm³/mol. The molecule has 1 aliphatic heterocycles. The number of amides is 1. The highest BCUT2D eigenvalue weighted by molar-refractivity contribution is 5.85. The van der Waals surface area contributed by atoms with E-state index in [0.29, 0.717) is 26.1 Å². The molecule has 1 aliphatic rings. The Morgan fingerprint density at radius 2 is 2.12 bits per heavy atom. The second-order valence-corrected chi connectivity index (χ2v) is 6.78. The number of hydrogen-bond donors (Lipinski definition) is 1. The zero-order chi connectivity index (χ0) is 17.8. The van der Waals surface area contributed by atoms with E-state index in [1.165, 1.54) is 16.3 Å². The van der Waals surface area contributed by atoms with Gasteiger partial charge in [0.1, 0.15) is 0 Å². The van der Waals surface area contributed by atoms with Gasteiger partial charge in [-0.2, -0.15) is 5.10 Å². The number of aryl methyl sites for hydroxylation is 1. The molecule has 0 radical (unpaired) electrons. The summed E-state index contributed by atoms with van der Waals surface area (Å²) >= 11 is 0. The summed E-state index contributed by atoms with van der Waals surface area (Å²) in [6.07, 6.45) is 5.73. The SMILES string of the molecule is O=C(CCc1cn[nH]c1)N1CCOC(Cc2cccc3ccccc23)C1. The molecule has 0 bridgehead atoms. The molecule has 1 saturated heterocycles. The first kappa shape index (κ1) is 16.8. The largest absolute Gasteiger partial charge is 0.374 e. The average molecular weight is 349 g/mol. The molecule has 0 saturated carbocycles. The lowest BCUT2D eigenvalue weighted by Crippen LogP contribution is -2.46. The van der Waals surface area contributed by atoms with E-state index in [2.05, 4.69) is 52.7 Å². The van der Waals surface area contributed by atoms with E-state index in [4.69, 9.17) is 4.74 Å². The lowest BCUT2D eigenvalue weighted by molar-refractivity contribution is -0.138. The smallest absolute Gasteiger partial charge is 0.223 e. The monoisotopic (exact) mass is 349 g/mol. The Balaban J connectivity index is 1.39. The second-order valence-electron chi connectivity index (χ2n) is 6.78. The Bertz CT molecular complexity index is 871. The van der Waals surface area contributed by atoms with Crippen LogP contribution in [0.5, 0.6) is 0 Å². The van der Waals surface area contributed by atoms with Crippen LogP contribution in [0.2, 0.25) is 0 Å². The molecule has 3 aromatic rings. The summed E-state index contributed by atoms with van der Waals surface area (Å²) in [5, 5.41) is 9.22. The average Bonchev–Trinajstić information content (AvgIpc) is 3.20. The van der Waals surface area contributed by atoms with Crippen LogP contribution in [0.4, 0.5) is 0 Å². The predicted octanol–water partition coefficient (Wildman–Crippen LogP) is 2.97. The molecule has 5 nitrogen and oxygen atoms in total. The summed E-state index contributed by atoms with van der Waals surface area (Å²) in [7, 11) is 0. The van der Waals surface area contributed by atoms with E-state index in [1.807, 2.05) is 11.1 Å². The Morgan fingerprint density at radius 3 is 3.00 bits per heavy atom. The minimum atomic E-state index is 0.0485. The number of hydrogen-bond acceptors (Lipinski definition) is 3. The third-order valence-electron chi connectivity index (χ3n) is 5.00. The molecule has 26 heavy (non-hydrogen) atoms. The van der Waals surface area contributed by atoms with Crippen molar-refractivity contribution in [2.45, 2.75) is 25.4 Å². The van der Waals surface area contributed by atoms with Gasteiger partial charge in [0.25, 0.3) is 0 Å². The van der Waals surface area contributed by atoms with Crippen LogP contribution in [0.15, 0.2) is 54.9 Å². The standard InChI is InChI=1S/C21H23N3O2/c25-21(9-8-16-13-22-23-14-16)24-10-11-26-19(15-24)12-18-6-3-5-17-4-1-2-7-20(17)18/h1-7,13-14,19H,8-12,15H2,(H,22,23). The number of ether oxygens (including phenoxy) is 1. The summed E-state index contributed by atoms with van der Waals surface area (Å²) < 4.78 is 5.95. The number of benzene rings is 2. The third-order valence-corrected chi connectivity index (χ3v) is 5.00. The number of morpholine rings is 1. The van der Waals surface area contributed by atoms with Gasteiger partial charge < -0.3 is 9.64 Å². The number of carbonyl (C=O) groups is 1. The molecule has 1 amide bonds. The fourth-order valence-electron chi connectivity index (χ4n) is 3.61. The number of aromatic nitrogens is 2. The molecular formula is C21H23N3O2. The van der Waals surface area contributed by atoms with Gasteiger partial charge in [0.05, 0.1) is 18.9 Å².